The van der Waals surface area contributed by atoms with Crippen LogP contribution in [-0.2, 0) is 17.8 Å². The average Bonchev–Trinajstić information content (AvgIpc) is 3.15. The Balaban J connectivity index is 2.08. The van der Waals surface area contributed by atoms with Gasteiger partial charge in [-0.15, -0.1) is 0 Å². The molecule has 0 spiro atoms. The van der Waals surface area contributed by atoms with Crippen LogP contribution >= 0.6 is 27.3 Å². The highest BCUT2D eigenvalue weighted by molar-refractivity contribution is 9.10. The Kier molecular flexibility index (Phi) is 6.05. The molecule has 8 heteroatoms. The molecular weight excluding hydrogens is 416 g/mol. The molecule has 0 atom stereocenters. The standard InChI is InChI=1S/C18H21BrN4O2S/c1-4-23-15(10-12(3)21-23)17(24)20-18-22(8-9-25-5-2)14-7-6-13(19)11-16(14)26-18/h6-7,10-11H,4-5,8-9H2,1-3H3. The number of carbonyl (C=O) groups excluding carboxylic acids is 1. The maximum atomic E-state index is 12.8. The van der Waals surface area contributed by atoms with Crippen LogP contribution in [0.2, 0.25) is 0 Å². The molecule has 0 aliphatic rings. The molecule has 26 heavy (non-hydrogen) atoms. The summed E-state index contributed by atoms with van der Waals surface area (Å²) in [5.41, 5.74) is 2.37. The van der Waals surface area contributed by atoms with Gasteiger partial charge in [-0.05, 0) is 45.0 Å². The number of nitrogens with zero attached hydrogens (tertiary/aromatic N) is 4. The number of ether oxygens (including phenoxy) is 1. The van der Waals surface area contributed by atoms with E-state index in [1.807, 2.05) is 43.5 Å². The van der Waals surface area contributed by atoms with Gasteiger partial charge in [0.15, 0.2) is 4.80 Å². The monoisotopic (exact) mass is 436 g/mol. The number of hydrogen-bond donors (Lipinski definition) is 0. The molecule has 138 valence electrons. The predicted octanol–water partition coefficient (Wildman–Crippen LogP) is 3.77. The lowest BCUT2D eigenvalue weighted by molar-refractivity contribution is 0.0986. The van der Waals surface area contributed by atoms with Crippen LogP contribution in [0.3, 0.4) is 0 Å². The van der Waals surface area contributed by atoms with Crippen LogP contribution in [0.1, 0.15) is 30.0 Å². The van der Waals surface area contributed by atoms with E-state index in [-0.39, 0.29) is 5.91 Å². The van der Waals surface area contributed by atoms with Crippen molar-refractivity contribution in [2.24, 2.45) is 4.99 Å². The van der Waals surface area contributed by atoms with Crippen molar-refractivity contribution in [3.8, 4) is 0 Å². The first-order valence-electron chi connectivity index (χ1n) is 8.53. The number of fused-ring (bicyclic) bond motifs is 1. The van der Waals surface area contributed by atoms with Gasteiger partial charge in [0.2, 0.25) is 0 Å². The molecule has 6 nitrogen and oxygen atoms in total. The lowest BCUT2D eigenvalue weighted by atomic mass is 10.3. The molecule has 0 radical (unpaired) electrons. The smallest absolute Gasteiger partial charge is 0.297 e. The predicted molar refractivity (Wildman–Crippen MR) is 107 cm³/mol. The molecule has 0 saturated carbocycles. The first kappa shape index (κ1) is 19.0. The highest BCUT2D eigenvalue weighted by Crippen LogP contribution is 2.22. The second-order valence-corrected chi connectivity index (χ2v) is 7.67. The van der Waals surface area contributed by atoms with E-state index in [0.29, 0.717) is 36.8 Å². The molecular formula is C18H21BrN4O2S. The van der Waals surface area contributed by atoms with E-state index in [1.54, 1.807) is 10.7 Å². The van der Waals surface area contributed by atoms with Crippen LogP contribution in [0.4, 0.5) is 0 Å². The van der Waals surface area contributed by atoms with Crippen molar-refractivity contribution in [1.82, 2.24) is 14.3 Å². The minimum absolute atomic E-state index is 0.275. The van der Waals surface area contributed by atoms with Crippen LogP contribution in [0, 0.1) is 6.92 Å². The number of thiazole rings is 1. The molecule has 2 heterocycles. The molecule has 0 unspecified atom stereocenters. The number of aromatic nitrogens is 3. The molecule has 1 amide bonds. The van der Waals surface area contributed by atoms with E-state index in [1.165, 1.54) is 11.3 Å². The lowest BCUT2D eigenvalue weighted by Crippen LogP contribution is -2.20. The Morgan fingerprint density at radius 1 is 1.35 bits per heavy atom. The van der Waals surface area contributed by atoms with E-state index in [0.717, 1.165) is 20.4 Å². The zero-order valence-corrected chi connectivity index (χ0v) is 17.4. The molecule has 0 aliphatic heterocycles. The number of rotatable bonds is 6. The van der Waals surface area contributed by atoms with E-state index < -0.39 is 0 Å². The number of aryl methyl sites for hydroxylation is 2. The summed E-state index contributed by atoms with van der Waals surface area (Å²) < 4.78 is 11.3. The van der Waals surface area contributed by atoms with E-state index >= 15 is 0 Å². The van der Waals surface area contributed by atoms with Gasteiger partial charge in [-0.1, -0.05) is 27.3 Å². The Labute approximate surface area is 164 Å². The topological polar surface area (TPSA) is 61.4 Å². The zero-order valence-electron chi connectivity index (χ0n) is 15.0. The van der Waals surface area contributed by atoms with Crippen molar-refractivity contribution >= 4 is 43.4 Å². The number of benzene rings is 1. The molecule has 0 aliphatic carbocycles. The van der Waals surface area contributed by atoms with Crippen molar-refractivity contribution in [3.63, 3.8) is 0 Å². The summed E-state index contributed by atoms with van der Waals surface area (Å²) in [7, 11) is 0. The first-order chi connectivity index (χ1) is 12.5. The van der Waals surface area contributed by atoms with Crippen LogP contribution in [-0.4, -0.2) is 33.5 Å². The number of amides is 1. The van der Waals surface area contributed by atoms with Crippen molar-refractivity contribution in [1.29, 1.82) is 0 Å². The van der Waals surface area contributed by atoms with Gasteiger partial charge >= 0.3 is 0 Å². The van der Waals surface area contributed by atoms with Gasteiger partial charge in [0.05, 0.1) is 22.5 Å². The summed E-state index contributed by atoms with van der Waals surface area (Å²) in [6.45, 7) is 8.32. The minimum atomic E-state index is -0.275. The van der Waals surface area contributed by atoms with Crippen molar-refractivity contribution < 1.29 is 9.53 Å². The summed E-state index contributed by atoms with van der Waals surface area (Å²) in [4.78, 5) is 17.8. The van der Waals surface area contributed by atoms with Gasteiger partial charge in [0, 0.05) is 24.2 Å². The fourth-order valence-corrected chi connectivity index (χ4v) is 4.36. The highest BCUT2D eigenvalue weighted by atomic mass is 79.9. The van der Waals surface area contributed by atoms with Crippen molar-refractivity contribution in [2.45, 2.75) is 33.9 Å². The van der Waals surface area contributed by atoms with Crippen molar-refractivity contribution in [3.05, 3.63) is 44.9 Å². The van der Waals surface area contributed by atoms with Crippen LogP contribution < -0.4 is 4.80 Å². The van der Waals surface area contributed by atoms with Crippen LogP contribution in [0.5, 0.6) is 0 Å². The minimum Gasteiger partial charge on any atom is -0.380 e. The summed E-state index contributed by atoms with van der Waals surface area (Å²) in [5, 5.41) is 4.34. The van der Waals surface area contributed by atoms with Gasteiger partial charge in [-0.25, -0.2) is 0 Å². The Hall–Kier alpha value is -1.77. The highest BCUT2D eigenvalue weighted by Gasteiger charge is 2.14. The van der Waals surface area contributed by atoms with Gasteiger partial charge in [-0.2, -0.15) is 10.1 Å². The molecule has 0 N–H and O–H groups in total. The number of carbonyl (C=O) groups is 1. The second kappa shape index (κ2) is 8.28. The summed E-state index contributed by atoms with van der Waals surface area (Å²) >= 11 is 5.00. The first-order valence-corrected chi connectivity index (χ1v) is 10.1. The Morgan fingerprint density at radius 3 is 2.88 bits per heavy atom. The average molecular weight is 437 g/mol. The second-order valence-electron chi connectivity index (χ2n) is 5.75. The van der Waals surface area contributed by atoms with E-state index in [4.69, 9.17) is 4.74 Å². The van der Waals surface area contributed by atoms with Crippen LogP contribution in [0.15, 0.2) is 33.7 Å². The quantitative estimate of drug-likeness (QED) is 0.552. The Bertz CT molecular complexity index is 1000. The molecule has 2 aromatic heterocycles. The van der Waals surface area contributed by atoms with Gasteiger partial charge in [0.25, 0.3) is 5.91 Å². The summed E-state index contributed by atoms with van der Waals surface area (Å²) in [6, 6.07) is 7.85. The third-order valence-electron chi connectivity index (χ3n) is 3.93. The maximum Gasteiger partial charge on any atom is 0.297 e. The summed E-state index contributed by atoms with van der Waals surface area (Å²) in [6.07, 6.45) is 0. The third-order valence-corrected chi connectivity index (χ3v) is 5.46. The fourth-order valence-electron chi connectivity index (χ4n) is 2.75. The molecule has 3 aromatic rings. The third kappa shape index (κ3) is 3.97. The molecule has 1 aromatic carbocycles. The maximum absolute atomic E-state index is 12.8. The molecule has 0 saturated heterocycles. The number of halogens is 1. The molecule has 0 fully saturated rings. The van der Waals surface area contributed by atoms with Gasteiger partial charge < -0.3 is 9.30 Å². The van der Waals surface area contributed by atoms with E-state index in [2.05, 4.69) is 26.0 Å². The van der Waals surface area contributed by atoms with Crippen molar-refractivity contribution in [2.75, 3.05) is 13.2 Å². The Morgan fingerprint density at radius 2 is 2.15 bits per heavy atom. The SMILES string of the molecule is CCOCCn1c(=NC(=O)c2cc(C)nn2CC)sc2cc(Br)ccc21. The van der Waals surface area contributed by atoms with Crippen LogP contribution in [0.25, 0.3) is 10.2 Å². The molecule has 0 bridgehead atoms. The van der Waals surface area contributed by atoms with Gasteiger partial charge in [0.1, 0.15) is 5.69 Å². The number of hydrogen-bond acceptors (Lipinski definition) is 4. The largest absolute Gasteiger partial charge is 0.380 e. The van der Waals surface area contributed by atoms with E-state index in [9.17, 15) is 4.79 Å². The molecule has 3 rings (SSSR count). The lowest BCUT2D eigenvalue weighted by Gasteiger charge is -2.05. The summed E-state index contributed by atoms with van der Waals surface area (Å²) in [5.74, 6) is -0.275. The zero-order chi connectivity index (χ0) is 18.7. The fraction of sp³-hybridized carbons (Fsp3) is 0.389. The normalized spacial score (nSPS) is 12.2. The van der Waals surface area contributed by atoms with Gasteiger partial charge in [-0.3, -0.25) is 9.48 Å².